The van der Waals surface area contributed by atoms with E-state index in [1.54, 1.807) is 6.21 Å². The minimum Gasteiger partial charge on any atom is -0.483 e. The average molecular weight is 301 g/mol. The number of thioether (sulfide) groups is 1. The molecule has 1 N–H and O–H groups in total. The first-order chi connectivity index (χ1) is 10.0. The highest BCUT2D eigenvalue weighted by molar-refractivity contribution is 8.15. The lowest BCUT2D eigenvalue weighted by Crippen LogP contribution is -2.27. The third-order valence-electron chi connectivity index (χ3n) is 3.01. The Hall–Kier alpha value is -2.08. The van der Waals surface area contributed by atoms with E-state index in [9.17, 15) is 4.79 Å². The van der Waals surface area contributed by atoms with Crippen molar-refractivity contribution in [1.82, 2.24) is 5.32 Å². The number of nitrogens with one attached hydrogen (secondary N) is 1. The van der Waals surface area contributed by atoms with Crippen LogP contribution in [0.15, 0.2) is 34.5 Å². The zero-order valence-electron chi connectivity index (χ0n) is 11.8. The molecule has 0 spiro atoms. The number of benzene rings is 1. The van der Waals surface area contributed by atoms with Crippen molar-refractivity contribution < 1.29 is 9.53 Å². The van der Waals surface area contributed by atoms with Crippen molar-refractivity contribution >= 4 is 35.1 Å². The summed E-state index contributed by atoms with van der Waals surface area (Å²) in [5, 5.41) is 11.1. The molecule has 0 aromatic heterocycles. The number of nitrogens with zero attached hydrogens (tertiary/aromatic N) is 2. The number of hydrogen-bond acceptors (Lipinski definition) is 5. The van der Waals surface area contributed by atoms with E-state index >= 15 is 0 Å². The molecule has 108 valence electrons. The van der Waals surface area contributed by atoms with Gasteiger partial charge < -0.3 is 10.1 Å². The van der Waals surface area contributed by atoms with Crippen LogP contribution in [0.4, 0.5) is 0 Å². The van der Waals surface area contributed by atoms with Gasteiger partial charge in [0.25, 0.3) is 0 Å². The Morgan fingerprint density at radius 2 is 2.29 bits per heavy atom. The van der Waals surface area contributed by atoms with Crippen LogP contribution in [0.2, 0.25) is 0 Å². The topological polar surface area (TPSA) is 63.0 Å². The molecule has 0 radical (unpaired) electrons. The van der Waals surface area contributed by atoms with Crippen molar-refractivity contribution in [3.05, 3.63) is 35.4 Å². The number of fused-ring (bicyclic) bond motifs is 1. The highest BCUT2D eigenvalue weighted by atomic mass is 32.2. The summed E-state index contributed by atoms with van der Waals surface area (Å²) < 4.78 is 5.86. The highest BCUT2D eigenvalue weighted by Crippen LogP contribution is 2.30. The summed E-state index contributed by atoms with van der Waals surface area (Å²) in [4.78, 5) is 11.0. The molecule has 21 heavy (non-hydrogen) atoms. The summed E-state index contributed by atoms with van der Waals surface area (Å²) in [5.41, 5.74) is 1.68. The molecule has 1 fully saturated rings. The lowest BCUT2D eigenvalue weighted by atomic mass is 10.0. The fraction of sp³-hybridized carbons (Fsp3) is 0.267. The fourth-order valence-electron chi connectivity index (χ4n) is 2.01. The van der Waals surface area contributed by atoms with Gasteiger partial charge in [-0.3, -0.25) is 4.79 Å². The first-order valence-corrected chi connectivity index (χ1v) is 7.56. The van der Waals surface area contributed by atoms with Gasteiger partial charge in [-0.15, -0.1) is 5.10 Å². The first-order valence-electron chi connectivity index (χ1n) is 6.58. The Labute approximate surface area is 127 Å². The molecular formula is C15H15N3O2S. The molecule has 1 amide bonds. The van der Waals surface area contributed by atoms with Crippen LogP contribution >= 0.6 is 11.8 Å². The van der Waals surface area contributed by atoms with Crippen LogP contribution in [0.3, 0.4) is 0 Å². The predicted octanol–water partition coefficient (Wildman–Crippen LogP) is 2.42. The Balaban J connectivity index is 1.74. The molecule has 6 heteroatoms. The standard InChI is InChI=1S/C15H15N3O2S/c1-15(2)6-5-11-7-10(3-4-12(11)20-15)8-16-18-14-17-13(19)9-21-14/h3-8H,9H2,1-2H3,(H,17,18,19). The Morgan fingerprint density at radius 1 is 1.43 bits per heavy atom. The number of amidine groups is 1. The number of rotatable bonds is 2. The molecule has 0 aliphatic carbocycles. The highest BCUT2D eigenvalue weighted by Gasteiger charge is 2.21. The number of hydrogen-bond donors (Lipinski definition) is 1. The maximum Gasteiger partial charge on any atom is 0.236 e. The van der Waals surface area contributed by atoms with Crippen molar-refractivity contribution in [1.29, 1.82) is 0 Å². The second-order valence-electron chi connectivity index (χ2n) is 5.32. The maximum absolute atomic E-state index is 11.0. The quantitative estimate of drug-likeness (QED) is 0.674. The van der Waals surface area contributed by atoms with Crippen molar-refractivity contribution in [2.45, 2.75) is 19.4 Å². The summed E-state index contributed by atoms with van der Waals surface area (Å²) in [6, 6.07) is 5.85. The normalized spacial score (nSPS) is 21.4. The molecule has 1 aromatic rings. The summed E-state index contributed by atoms with van der Waals surface area (Å²) in [6.07, 6.45) is 5.74. The van der Waals surface area contributed by atoms with Gasteiger partial charge in [0.05, 0.1) is 12.0 Å². The molecular weight excluding hydrogens is 286 g/mol. The predicted molar refractivity (Wildman–Crippen MR) is 85.8 cm³/mol. The molecule has 1 saturated heterocycles. The zero-order valence-corrected chi connectivity index (χ0v) is 12.6. The number of carbonyl (C=O) groups excluding carboxylic acids is 1. The Bertz CT molecular complexity index is 677. The van der Waals surface area contributed by atoms with Gasteiger partial charge >= 0.3 is 0 Å². The molecule has 2 aliphatic rings. The van der Waals surface area contributed by atoms with Gasteiger partial charge in [0, 0.05) is 5.56 Å². The molecule has 0 bridgehead atoms. The van der Waals surface area contributed by atoms with E-state index in [0.717, 1.165) is 16.9 Å². The summed E-state index contributed by atoms with van der Waals surface area (Å²) in [6.45, 7) is 4.04. The van der Waals surface area contributed by atoms with Gasteiger partial charge in [-0.2, -0.15) is 5.10 Å². The van der Waals surface area contributed by atoms with E-state index < -0.39 is 0 Å². The van der Waals surface area contributed by atoms with Gasteiger partial charge in [-0.25, -0.2) is 0 Å². The van der Waals surface area contributed by atoms with Crippen LogP contribution in [0.25, 0.3) is 6.08 Å². The molecule has 2 aliphatic heterocycles. The van der Waals surface area contributed by atoms with Gasteiger partial charge in [-0.05, 0) is 43.7 Å². The number of carbonyl (C=O) groups is 1. The maximum atomic E-state index is 11.0. The second-order valence-corrected chi connectivity index (χ2v) is 6.29. The molecule has 0 saturated carbocycles. The fourth-order valence-corrected chi connectivity index (χ4v) is 2.64. The smallest absolute Gasteiger partial charge is 0.236 e. The van der Waals surface area contributed by atoms with Gasteiger partial charge in [-0.1, -0.05) is 17.8 Å². The van der Waals surface area contributed by atoms with E-state index in [1.807, 2.05) is 38.1 Å². The van der Waals surface area contributed by atoms with Gasteiger partial charge in [0.2, 0.25) is 5.91 Å². The Kier molecular flexibility index (Phi) is 3.55. The van der Waals surface area contributed by atoms with Crippen LogP contribution < -0.4 is 10.1 Å². The number of amides is 1. The number of ether oxygens (including phenoxy) is 1. The SMILES string of the molecule is CC1(C)C=Cc2cc(C=NN=C3NC(=O)CS3)ccc2O1. The van der Waals surface area contributed by atoms with Crippen LogP contribution in [0.5, 0.6) is 5.75 Å². The molecule has 0 atom stereocenters. The summed E-state index contributed by atoms with van der Waals surface area (Å²) >= 11 is 1.35. The summed E-state index contributed by atoms with van der Waals surface area (Å²) in [7, 11) is 0. The largest absolute Gasteiger partial charge is 0.483 e. The van der Waals surface area contributed by atoms with Crippen molar-refractivity contribution in [2.24, 2.45) is 10.2 Å². The third-order valence-corrected chi connectivity index (χ3v) is 3.88. The van der Waals surface area contributed by atoms with E-state index in [2.05, 4.69) is 21.6 Å². The monoisotopic (exact) mass is 301 g/mol. The van der Waals surface area contributed by atoms with Crippen LogP contribution in [-0.2, 0) is 4.79 Å². The lowest BCUT2D eigenvalue weighted by Gasteiger charge is -2.27. The lowest BCUT2D eigenvalue weighted by molar-refractivity contribution is -0.116. The van der Waals surface area contributed by atoms with Crippen molar-refractivity contribution in [2.75, 3.05) is 5.75 Å². The summed E-state index contributed by atoms with van der Waals surface area (Å²) in [5.74, 6) is 1.24. The van der Waals surface area contributed by atoms with Crippen LogP contribution in [0.1, 0.15) is 25.0 Å². The Morgan fingerprint density at radius 3 is 3.05 bits per heavy atom. The van der Waals surface area contributed by atoms with Crippen molar-refractivity contribution in [3.63, 3.8) is 0 Å². The minimum absolute atomic E-state index is 0.0346. The van der Waals surface area contributed by atoms with Gasteiger partial charge in [0.1, 0.15) is 11.4 Å². The van der Waals surface area contributed by atoms with Crippen LogP contribution in [0, 0.1) is 0 Å². The molecule has 2 heterocycles. The van der Waals surface area contributed by atoms with Crippen LogP contribution in [-0.4, -0.2) is 28.6 Å². The van der Waals surface area contributed by atoms with E-state index in [4.69, 9.17) is 4.74 Å². The van der Waals surface area contributed by atoms with E-state index in [-0.39, 0.29) is 11.5 Å². The minimum atomic E-state index is -0.271. The van der Waals surface area contributed by atoms with Crippen molar-refractivity contribution in [3.8, 4) is 5.75 Å². The molecule has 0 unspecified atom stereocenters. The van der Waals surface area contributed by atoms with E-state index in [1.165, 1.54) is 11.8 Å². The molecule has 3 rings (SSSR count). The zero-order chi connectivity index (χ0) is 14.9. The third kappa shape index (κ3) is 3.33. The van der Waals surface area contributed by atoms with Gasteiger partial charge in [0.15, 0.2) is 5.17 Å². The second kappa shape index (κ2) is 5.37. The van der Waals surface area contributed by atoms with E-state index in [0.29, 0.717) is 10.9 Å². The molecule has 5 nitrogen and oxygen atoms in total. The first kappa shape index (κ1) is 13.9. The average Bonchev–Trinajstić information content (AvgIpc) is 2.84. The molecule has 1 aromatic carbocycles.